The molecule has 3 aromatic rings. The van der Waals surface area contributed by atoms with E-state index in [2.05, 4.69) is 30.4 Å². The number of para-hydroxylation sites is 1. The van der Waals surface area contributed by atoms with Gasteiger partial charge in [-0.3, -0.25) is 9.89 Å². The maximum Gasteiger partial charge on any atom is 0.337 e. The van der Waals surface area contributed by atoms with Crippen LogP contribution in [0.2, 0.25) is 0 Å². The van der Waals surface area contributed by atoms with Gasteiger partial charge in [0.1, 0.15) is 0 Å². The number of anilines is 1. The molecule has 0 amide bonds. The number of H-pyrrole nitrogens is 1. The molecule has 0 saturated heterocycles. The van der Waals surface area contributed by atoms with E-state index in [4.69, 9.17) is 4.74 Å². The predicted molar refractivity (Wildman–Crippen MR) is 123 cm³/mol. The number of aromatic amines is 1. The van der Waals surface area contributed by atoms with Crippen LogP contribution in [-0.2, 0) is 10.2 Å². The van der Waals surface area contributed by atoms with Gasteiger partial charge in [-0.2, -0.15) is 0 Å². The molecule has 0 aliphatic carbocycles. The number of hydrogen-bond acceptors (Lipinski definition) is 4. The molecule has 0 unspecified atom stereocenters. The second-order valence-corrected chi connectivity index (χ2v) is 8.11. The van der Waals surface area contributed by atoms with Gasteiger partial charge >= 0.3 is 5.97 Å². The van der Waals surface area contributed by atoms with Gasteiger partial charge in [-0.15, -0.1) is 0 Å². The maximum absolute atomic E-state index is 13.0. The molecular weight excluding hydrogens is 390 g/mol. The van der Waals surface area contributed by atoms with Gasteiger partial charge in [0.05, 0.1) is 28.9 Å². The number of carbonyl (C=O) groups excluding carboxylic acids is 1. The summed E-state index contributed by atoms with van der Waals surface area (Å²) in [6, 6.07) is 15.0. The van der Waals surface area contributed by atoms with Crippen LogP contribution in [0.5, 0.6) is 0 Å². The fraction of sp³-hybridized carbons (Fsp3) is 0.200. The molecule has 0 bridgehead atoms. The molecule has 6 heteroatoms. The van der Waals surface area contributed by atoms with Crippen LogP contribution in [0.25, 0.3) is 18.3 Å². The molecule has 2 heterocycles. The second kappa shape index (κ2) is 7.47. The van der Waals surface area contributed by atoms with E-state index in [-0.39, 0.29) is 16.9 Å². The van der Waals surface area contributed by atoms with Crippen molar-refractivity contribution in [3.63, 3.8) is 0 Å². The minimum absolute atomic E-state index is 0.156. The van der Waals surface area contributed by atoms with Gasteiger partial charge in [-0.05, 0) is 48.0 Å². The Morgan fingerprint density at radius 2 is 1.84 bits per heavy atom. The van der Waals surface area contributed by atoms with Gasteiger partial charge in [-0.1, -0.05) is 38.6 Å². The Bertz CT molecular complexity index is 1360. The number of methoxy groups -OCH3 is 1. The van der Waals surface area contributed by atoms with E-state index in [1.54, 1.807) is 12.1 Å². The van der Waals surface area contributed by atoms with Crippen molar-refractivity contribution in [2.45, 2.75) is 19.3 Å². The Morgan fingerprint density at radius 3 is 2.52 bits per heavy atom. The highest BCUT2D eigenvalue weighted by molar-refractivity contribution is 5.91. The van der Waals surface area contributed by atoms with Crippen molar-refractivity contribution in [3.05, 3.63) is 92.4 Å². The maximum atomic E-state index is 13.0. The highest BCUT2D eigenvalue weighted by Crippen LogP contribution is 2.47. The van der Waals surface area contributed by atoms with Crippen LogP contribution in [0, 0.1) is 0 Å². The Balaban J connectivity index is 1.81. The smallest absolute Gasteiger partial charge is 0.337 e. The summed E-state index contributed by atoms with van der Waals surface area (Å²) in [4.78, 5) is 27.0. The first-order valence-electron chi connectivity index (χ1n) is 10.00. The lowest BCUT2D eigenvalue weighted by molar-refractivity contribution is 0.0600. The van der Waals surface area contributed by atoms with Crippen LogP contribution in [0.15, 0.2) is 65.1 Å². The van der Waals surface area contributed by atoms with Gasteiger partial charge in [-0.25, -0.2) is 9.48 Å². The fourth-order valence-corrected chi connectivity index (χ4v) is 4.17. The summed E-state index contributed by atoms with van der Waals surface area (Å²) < 4.78 is 6.36. The molecule has 0 radical (unpaired) electrons. The molecule has 2 aromatic carbocycles. The summed E-state index contributed by atoms with van der Waals surface area (Å²) in [7, 11) is 3.36. The molecule has 4 rings (SSSR count). The number of nitrogens with one attached hydrogen (secondary N) is 1. The topological polar surface area (TPSA) is 67.3 Å². The monoisotopic (exact) mass is 415 g/mol. The molecule has 0 fully saturated rings. The van der Waals surface area contributed by atoms with Crippen molar-refractivity contribution in [3.8, 4) is 5.69 Å². The van der Waals surface area contributed by atoms with Crippen molar-refractivity contribution < 1.29 is 9.53 Å². The first kappa shape index (κ1) is 20.5. The van der Waals surface area contributed by atoms with Gasteiger partial charge in [0.15, 0.2) is 0 Å². The Kier molecular flexibility index (Phi) is 4.93. The molecule has 6 nitrogen and oxygen atoms in total. The van der Waals surface area contributed by atoms with E-state index >= 15 is 0 Å². The van der Waals surface area contributed by atoms with E-state index in [9.17, 15) is 9.59 Å². The fourth-order valence-electron chi connectivity index (χ4n) is 4.17. The molecule has 1 N–H and O–H groups in total. The SMILES string of the molecule is C=c1[nH]n(-c2ccccc2)c(=O)/c1=C\C=C1\N(C)c2ccc(C(=O)OC)cc2C1(C)C. The number of carbonyl (C=O) groups is 1. The third kappa shape index (κ3) is 3.30. The summed E-state index contributed by atoms with van der Waals surface area (Å²) in [5.74, 6) is -0.360. The van der Waals surface area contributed by atoms with Gasteiger partial charge in [0.2, 0.25) is 0 Å². The van der Waals surface area contributed by atoms with Crippen LogP contribution in [0.4, 0.5) is 5.69 Å². The average molecular weight is 415 g/mol. The summed E-state index contributed by atoms with van der Waals surface area (Å²) >= 11 is 0. The number of hydrogen-bond donors (Lipinski definition) is 1. The number of aromatic nitrogens is 2. The molecule has 31 heavy (non-hydrogen) atoms. The Hall–Kier alpha value is -3.80. The van der Waals surface area contributed by atoms with Crippen LogP contribution in [0.3, 0.4) is 0 Å². The minimum atomic E-state index is -0.360. The number of nitrogens with zero attached hydrogens (tertiary/aromatic N) is 2. The van der Waals surface area contributed by atoms with Crippen LogP contribution in [0.1, 0.15) is 29.8 Å². The number of rotatable bonds is 3. The van der Waals surface area contributed by atoms with Crippen molar-refractivity contribution in [2.24, 2.45) is 0 Å². The van der Waals surface area contributed by atoms with Gasteiger partial charge in [0.25, 0.3) is 5.56 Å². The standard InChI is InChI=1S/C25H25N3O3/c1-16-19(23(29)28(26-16)18-9-7-6-8-10-18)12-14-22-25(2,3)20-15-17(24(30)31-5)11-13-21(20)27(22)4/h6-15,26H,1H2,2-5H3/b19-12-,22-14+. The second-order valence-electron chi connectivity index (χ2n) is 8.11. The van der Waals surface area contributed by atoms with Crippen molar-refractivity contribution in [2.75, 3.05) is 19.1 Å². The normalized spacial score (nSPS) is 16.6. The molecule has 158 valence electrons. The van der Waals surface area contributed by atoms with Crippen LogP contribution < -0.4 is 21.0 Å². The zero-order valence-corrected chi connectivity index (χ0v) is 18.1. The average Bonchev–Trinajstić information content (AvgIpc) is 3.16. The Morgan fingerprint density at radius 1 is 1.13 bits per heavy atom. The van der Waals surface area contributed by atoms with Crippen LogP contribution in [-0.4, -0.2) is 29.9 Å². The molecule has 0 spiro atoms. The zero-order chi connectivity index (χ0) is 22.3. The van der Waals surface area contributed by atoms with E-state index in [0.29, 0.717) is 16.1 Å². The Labute approximate surface area is 180 Å². The zero-order valence-electron chi connectivity index (χ0n) is 18.1. The van der Waals surface area contributed by atoms with Crippen molar-refractivity contribution >= 4 is 24.3 Å². The van der Waals surface area contributed by atoms with Crippen molar-refractivity contribution in [1.29, 1.82) is 0 Å². The van der Waals surface area contributed by atoms with E-state index < -0.39 is 0 Å². The number of fused-ring (bicyclic) bond motifs is 1. The molecule has 0 saturated carbocycles. The highest BCUT2D eigenvalue weighted by Gasteiger charge is 2.38. The molecule has 1 aliphatic rings. The first-order valence-corrected chi connectivity index (χ1v) is 10.00. The number of benzene rings is 2. The summed E-state index contributed by atoms with van der Waals surface area (Å²) in [5, 5.41) is 4.10. The predicted octanol–water partition coefficient (Wildman–Crippen LogP) is 2.45. The summed E-state index contributed by atoms with van der Waals surface area (Å²) in [6.07, 6.45) is 3.76. The third-order valence-electron chi connectivity index (χ3n) is 5.88. The summed E-state index contributed by atoms with van der Waals surface area (Å²) in [5.41, 5.74) is 3.81. The van der Waals surface area contributed by atoms with E-state index in [1.807, 2.05) is 55.6 Å². The number of ether oxygens (including phenoxy) is 1. The molecule has 1 aliphatic heterocycles. The first-order chi connectivity index (χ1) is 14.8. The van der Waals surface area contributed by atoms with Gasteiger partial charge < -0.3 is 9.64 Å². The number of allylic oxidation sites excluding steroid dienone is 2. The summed E-state index contributed by atoms with van der Waals surface area (Å²) in [6.45, 7) is 8.20. The molecule has 1 aromatic heterocycles. The minimum Gasteiger partial charge on any atom is -0.465 e. The molecule has 0 atom stereocenters. The van der Waals surface area contributed by atoms with Crippen LogP contribution >= 0.6 is 0 Å². The van der Waals surface area contributed by atoms with Crippen molar-refractivity contribution in [1.82, 2.24) is 9.78 Å². The largest absolute Gasteiger partial charge is 0.465 e. The third-order valence-corrected chi connectivity index (χ3v) is 5.88. The highest BCUT2D eigenvalue weighted by atomic mass is 16.5. The number of likely N-dealkylation sites (N-methyl/N-ethyl adjacent to an activating group) is 1. The van der Waals surface area contributed by atoms with E-state index in [0.717, 1.165) is 22.6 Å². The lowest BCUT2D eigenvalue weighted by Gasteiger charge is -2.23. The quantitative estimate of drug-likeness (QED) is 0.668. The molecular formula is C25H25N3O3. The lowest BCUT2D eigenvalue weighted by Crippen LogP contribution is -2.34. The van der Waals surface area contributed by atoms with E-state index in [1.165, 1.54) is 11.8 Å². The number of esters is 1. The van der Waals surface area contributed by atoms with Gasteiger partial charge in [0, 0.05) is 23.8 Å². The lowest BCUT2D eigenvalue weighted by atomic mass is 9.83.